The number of piperidine rings is 1. The van der Waals surface area contributed by atoms with E-state index in [1.54, 1.807) is 24.8 Å². The molecule has 1 saturated carbocycles. The molecule has 1 aromatic heterocycles. The normalized spacial score (nSPS) is 20.4. The van der Waals surface area contributed by atoms with Crippen molar-refractivity contribution >= 4 is 21.8 Å². The van der Waals surface area contributed by atoms with Crippen molar-refractivity contribution < 1.29 is 9.53 Å². The fraction of sp³-hybridized carbons (Fsp3) is 0.556. The number of carbonyl (C=O) groups is 1. The van der Waals surface area contributed by atoms with Crippen molar-refractivity contribution in [3.05, 3.63) is 67.5 Å². The monoisotopic (exact) mass is 529 g/mol. The average molecular weight is 531 g/mol. The zero-order chi connectivity index (χ0) is 24.2. The number of rotatable bonds is 9. The molecule has 1 amide bonds. The third-order valence-electron chi connectivity index (χ3n) is 7.29. The topological polar surface area (TPSA) is 63.6 Å². The lowest BCUT2D eigenvalue weighted by molar-refractivity contribution is -0.138. The van der Waals surface area contributed by atoms with Gasteiger partial charge in [0.25, 0.3) is 5.56 Å². The molecule has 2 atom stereocenters. The summed E-state index contributed by atoms with van der Waals surface area (Å²) in [5.74, 6) is 0.118. The molecule has 1 N–H and O–H groups in total. The summed E-state index contributed by atoms with van der Waals surface area (Å²) in [6.45, 7) is 5.03. The van der Waals surface area contributed by atoms with E-state index in [-0.39, 0.29) is 23.3 Å². The van der Waals surface area contributed by atoms with Crippen LogP contribution in [0.15, 0.2) is 39.7 Å². The van der Waals surface area contributed by atoms with Gasteiger partial charge in [0.05, 0.1) is 5.92 Å². The summed E-state index contributed by atoms with van der Waals surface area (Å²) in [6, 6.07) is 8.45. The number of benzene rings is 1. The number of methoxy groups -OCH3 is 1. The van der Waals surface area contributed by atoms with Crippen molar-refractivity contribution in [2.75, 3.05) is 26.8 Å². The first kappa shape index (κ1) is 25.1. The van der Waals surface area contributed by atoms with Crippen LogP contribution in [0.4, 0.5) is 0 Å². The fourth-order valence-electron chi connectivity index (χ4n) is 5.05. The summed E-state index contributed by atoms with van der Waals surface area (Å²) >= 11 is 3.74. The Morgan fingerprint density at radius 2 is 2.06 bits per heavy atom. The molecule has 2 aliphatic rings. The largest absolute Gasteiger partial charge is 0.385 e. The van der Waals surface area contributed by atoms with Gasteiger partial charge in [-0.3, -0.25) is 9.59 Å². The van der Waals surface area contributed by atoms with Gasteiger partial charge >= 0.3 is 0 Å². The maximum Gasteiger partial charge on any atom is 0.250 e. The molecule has 0 radical (unpaired) electrons. The lowest BCUT2D eigenvalue weighted by Crippen LogP contribution is -2.47. The van der Waals surface area contributed by atoms with Gasteiger partial charge in [-0.25, -0.2) is 0 Å². The van der Waals surface area contributed by atoms with Gasteiger partial charge in [-0.2, -0.15) is 0 Å². The molecular formula is C27H36BrN3O3. The van der Waals surface area contributed by atoms with E-state index in [0.717, 1.165) is 55.3 Å². The van der Waals surface area contributed by atoms with Crippen LogP contribution in [0.2, 0.25) is 0 Å². The van der Waals surface area contributed by atoms with E-state index in [9.17, 15) is 9.59 Å². The van der Waals surface area contributed by atoms with Crippen LogP contribution in [0.25, 0.3) is 0 Å². The predicted octanol–water partition coefficient (Wildman–Crippen LogP) is 3.92. The molecular weight excluding hydrogens is 494 g/mol. The maximum atomic E-state index is 13.9. The van der Waals surface area contributed by atoms with Gasteiger partial charge in [-0.05, 0) is 85.9 Å². The van der Waals surface area contributed by atoms with Crippen LogP contribution in [0.5, 0.6) is 0 Å². The number of hydrogen-bond donors (Lipinski definition) is 1. The zero-order valence-corrected chi connectivity index (χ0v) is 22.1. The van der Waals surface area contributed by atoms with E-state index >= 15 is 0 Å². The van der Waals surface area contributed by atoms with E-state index in [1.165, 1.54) is 16.7 Å². The number of carbonyl (C=O) groups excluding carboxylic acids is 1. The van der Waals surface area contributed by atoms with Gasteiger partial charge in [-0.15, -0.1) is 0 Å². The average Bonchev–Trinajstić information content (AvgIpc) is 3.67. The van der Waals surface area contributed by atoms with Gasteiger partial charge in [0, 0.05) is 56.6 Å². The molecule has 2 heterocycles. The van der Waals surface area contributed by atoms with E-state index < -0.39 is 0 Å². The smallest absolute Gasteiger partial charge is 0.250 e. The summed E-state index contributed by atoms with van der Waals surface area (Å²) in [7, 11) is 3.49. The molecule has 4 rings (SSSR count). The van der Waals surface area contributed by atoms with Gasteiger partial charge in [-0.1, -0.05) is 22.0 Å². The van der Waals surface area contributed by atoms with Crippen LogP contribution in [0, 0.1) is 12.8 Å². The zero-order valence-electron chi connectivity index (χ0n) is 20.5. The molecule has 184 valence electrons. The molecule has 0 spiro atoms. The second-order valence-corrected chi connectivity index (χ2v) is 10.6. The minimum absolute atomic E-state index is 0.0215. The number of nitrogens with one attached hydrogen (secondary N) is 1. The van der Waals surface area contributed by atoms with E-state index in [4.69, 9.17) is 4.74 Å². The third kappa shape index (κ3) is 5.81. The quantitative estimate of drug-likeness (QED) is 0.500. The van der Waals surface area contributed by atoms with Crippen LogP contribution < -0.4 is 10.9 Å². The van der Waals surface area contributed by atoms with Crippen molar-refractivity contribution in [1.82, 2.24) is 14.8 Å². The van der Waals surface area contributed by atoms with Crippen molar-refractivity contribution in [2.45, 2.75) is 57.5 Å². The Kier molecular flexibility index (Phi) is 8.27. The van der Waals surface area contributed by atoms with Crippen LogP contribution in [-0.2, 0) is 29.5 Å². The van der Waals surface area contributed by atoms with Crippen molar-refractivity contribution in [2.24, 2.45) is 13.0 Å². The summed E-state index contributed by atoms with van der Waals surface area (Å²) in [5, 5.41) is 3.42. The standard InChI is InChI=1S/C27H36BrN3O3/c1-18-20(5-4-12-34-3)13-19(14-25(18)28)17-31(22-6-7-22)27(33)24-16-29-10-8-23(24)21-9-11-30(2)26(32)15-21/h9,11,13-15,22-24,29H,4-8,10,12,16-17H2,1-3H3/t23-,24-/m0/s1. The number of aryl methyl sites for hydroxylation is 2. The highest BCUT2D eigenvalue weighted by molar-refractivity contribution is 9.10. The van der Waals surface area contributed by atoms with Crippen LogP contribution >= 0.6 is 15.9 Å². The minimum atomic E-state index is -0.156. The van der Waals surface area contributed by atoms with E-state index in [2.05, 4.69) is 45.2 Å². The summed E-state index contributed by atoms with van der Waals surface area (Å²) in [5.41, 5.74) is 4.69. The SMILES string of the molecule is COCCCc1cc(CN(C(=O)[C@H]2CNCC[C@H]2c2ccn(C)c(=O)c2)C2CC2)cc(Br)c1C. The van der Waals surface area contributed by atoms with Gasteiger partial charge in [0.1, 0.15) is 0 Å². The Balaban J connectivity index is 1.56. The lowest BCUT2D eigenvalue weighted by Gasteiger charge is -2.36. The molecule has 0 bridgehead atoms. The highest BCUT2D eigenvalue weighted by atomic mass is 79.9. The number of nitrogens with zero attached hydrogens (tertiary/aromatic N) is 2. The summed E-state index contributed by atoms with van der Waals surface area (Å²) < 4.78 is 7.91. The molecule has 1 aromatic carbocycles. The Hall–Kier alpha value is -1.96. The molecule has 2 aromatic rings. The first-order valence-electron chi connectivity index (χ1n) is 12.3. The third-order valence-corrected chi connectivity index (χ3v) is 8.11. The van der Waals surface area contributed by atoms with E-state index in [1.807, 2.05) is 12.3 Å². The molecule has 2 fully saturated rings. The first-order valence-corrected chi connectivity index (χ1v) is 13.1. The van der Waals surface area contributed by atoms with Gasteiger partial charge in [0.2, 0.25) is 5.91 Å². The molecule has 7 heteroatoms. The fourth-order valence-corrected chi connectivity index (χ4v) is 5.60. The number of amides is 1. The summed E-state index contributed by atoms with van der Waals surface area (Å²) in [6.07, 6.45) is 6.74. The Morgan fingerprint density at radius 1 is 1.26 bits per heavy atom. The van der Waals surface area contributed by atoms with Crippen LogP contribution in [0.1, 0.15) is 53.9 Å². The molecule has 1 aliphatic carbocycles. The van der Waals surface area contributed by atoms with Crippen molar-refractivity contribution in [1.29, 1.82) is 0 Å². The predicted molar refractivity (Wildman–Crippen MR) is 138 cm³/mol. The molecule has 1 aliphatic heterocycles. The van der Waals surface area contributed by atoms with E-state index in [0.29, 0.717) is 19.1 Å². The summed E-state index contributed by atoms with van der Waals surface area (Å²) in [4.78, 5) is 28.3. The Morgan fingerprint density at radius 3 is 2.76 bits per heavy atom. The van der Waals surface area contributed by atoms with Crippen LogP contribution in [0.3, 0.4) is 0 Å². The van der Waals surface area contributed by atoms with Crippen LogP contribution in [-0.4, -0.2) is 48.2 Å². The van der Waals surface area contributed by atoms with Crippen molar-refractivity contribution in [3.8, 4) is 0 Å². The Labute approximate surface area is 210 Å². The number of hydrogen-bond acceptors (Lipinski definition) is 4. The number of pyridine rings is 1. The number of ether oxygens (including phenoxy) is 1. The highest BCUT2D eigenvalue weighted by Crippen LogP contribution is 2.36. The van der Waals surface area contributed by atoms with Gasteiger partial charge < -0.3 is 19.5 Å². The second kappa shape index (κ2) is 11.2. The molecule has 6 nitrogen and oxygen atoms in total. The van der Waals surface area contributed by atoms with Gasteiger partial charge in [0.15, 0.2) is 0 Å². The highest BCUT2D eigenvalue weighted by Gasteiger charge is 2.40. The Bertz CT molecular complexity index is 1080. The maximum absolute atomic E-state index is 13.9. The minimum Gasteiger partial charge on any atom is -0.385 e. The van der Waals surface area contributed by atoms with Crippen molar-refractivity contribution in [3.63, 3.8) is 0 Å². The lowest BCUT2D eigenvalue weighted by atomic mass is 9.80. The number of halogens is 1. The molecule has 1 saturated heterocycles. The molecule has 0 unspecified atom stereocenters. The second-order valence-electron chi connectivity index (χ2n) is 9.77. The number of aromatic nitrogens is 1. The first-order chi connectivity index (χ1) is 16.4. The molecule has 34 heavy (non-hydrogen) atoms.